The van der Waals surface area contributed by atoms with Crippen molar-refractivity contribution in [3.05, 3.63) is 70.3 Å². The van der Waals surface area contributed by atoms with Crippen LogP contribution in [0.1, 0.15) is 11.1 Å². The molecule has 0 fully saturated rings. The van der Waals surface area contributed by atoms with E-state index in [1.165, 1.54) is 10.9 Å². The number of para-hydroxylation sites is 1. The fourth-order valence-corrected chi connectivity index (χ4v) is 3.21. The van der Waals surface area contributed by atoms with Crippen LogP contribution in [-0.4, -0.2) is 24.0 Å². The number of halogens is 1. The highest BCUT2D eigenvalue weighted by Crippen LogP contribution is 2.25. The topological polar surface area (TPSA) is 25.4 Å². The van der Waals surface area contributed by atoms with Crippen LogP contribution in [0.3, 0.4) is 0 Å². The molecule has 0 unspecified atom stereocenters. The van der Waals surface area contributed by atoms with E-state index in [0.29, 0.717) is 0 Å². The van der Waals surface area contributed by atoms with Gasteiger partial charge in [-0.05, 0) is 36.9 Å². The van der Waals surface area contributed by atoms with Crippen LogP contribution in [0, 0.1) is 0 Å². The molecular formula is C19H19BrN2O. The van der Waals surface area contributed by atoms with E-state index in [4.69, 9.17) is 4.74 Å². The lowest BCUT2D eigenvalue weighted by molar-refractivity contribution is 0.311. The first kappa shape index (κ1) is 16.0. The summed E-state index contributed by atoms with van der Waals surface area (Å²) in [5.41, 5.74) is 3.47. The summed E-state index contributed by atoms with van der Waals surface area (Å²) in [6, 6.07) is 16.5. The maximum absolute atomic E-state index is 5.46. The third-order valence-corrected chi connectivity index (χ3v) is 4.33. The van der Waals surface area contributed by atoms with Crippen molar-refractivity contribution >= 4 is 26.8 Å². The highest BCUT2D eigenvalue weighted by atomic mass is 79.9. The summed E-state index contributed by atoms with van der Waals surface area (Å²) < 4.78 is 6.53. The molecule has 1 heterocycles. The Labute approximate surface area is 145 Å². The van der Waals surface area contributed by atoms with E-state index in [1.807, 2.05) is 24.4 Å². The molecule has 3 rings (SSSR count). The van der Waals surface area contributed by atoms with Crippen LogP contribution in [-0.2, 0) is 13.1 Å². The summed E-state index contributed by atoms with van der Waals surface area (Å²) in [7, 11) is 3.82. The molecule has 0 saturated carbocycles. The van der Waals surface area contributed by atoms with E-state index in [2.05, 4.69) is 63.2 Å². The van der Waals surface area contributed by atoms with Gasteiger partial charge in [-0.1, -0.05) is 40.2 Å². The Balaban J connectivity index is 1.82. The molecule has 1 aromatic heterocycles. The summed E-state index contributed by atoms with van der Waals surface area (Å²) in [6.07, 6.45) is 1.85. The van der Waals surface area contributed by atoms with Crippen molar-refractivity contribution in [2.24, 2.45) is 0 Å². The Morgan fingerprint density at radius 3 is 2.65 bits per heavy atom. The van der Waals surface area contributed by atoms with Crippen LogP contribution < -0.4 is 4.74 Å². The molecular weight excluding hydrogens is 352 g/mol. The lowest BCUT2D eigenvalue weighted by Crippen LogP contribution is -2.18. The minimum atomic E-state index is 0.811. The second-order valence-electron chi connectivity index (χ2n) is 5.62. The monoisotopic (exact) mass is 370 g/mol. The normalized spacial score (nSPS) is 11.1. The molecule has 3 aromatic rings. The number of rotatable bonds is 5. The molecule has 3 nitrogen and oxygen atoms in total. The molecule has 0 atom stereocenters. The fraction of sp³-hybridized carbons (Fsp3) is 0.211. The van der Waals surface area contributed by atoms with E-state index in [9.17, 15) is 0 Å². The molecule has 0 amide bonds. The molecule has 23 heavy (non-hydrogen) atoms. The quantitative estimate of drug-likeness (QED) is 0.654. The number of aromatic nitrogens is 1. The highest BCUT2D eigenvalue weighted by Gasteiger charge is 2.09. The number of fused-ring (bicyclic) bond motifs is 1. The average Bonchev–Trinajstić information content (AvgIpc) is 2.55. The molecule has 2 aromatic carbocycles. The number of pyridine rings is 1. The first-order valence-corrected chi connectivity index (χ1v) is 8.30. The summed E-state index contributed by atoms with van der Waals surface area (Å²) >= 11 is 3.53. The van der Waals surface area contributed by atoms with Crippen molar-refractivity contribution in [2.75, 3.05) is 14.2 Å². The van der Waals surface area contributed by atoms with Crippen LogP contribution >= 0.6 is 15.9 Å². The van der Waals surface area contributed by atoms with E-state index in [0.717, 1.165) is 34.4 Å². The number of hydrogen-bond acceptors (Lipinski definition) is 3. The van der Waals surface area contributed by atoms with E-state index >= 15 is 0 Å². The lowest BCUT2D eigenvalue weighted by Gasteiger charge is -2.19. The first-order chi connectivity index (χ1) is 11.2. The summed E-state index contributed by atoms with van der Waals surface area (Å²) in [5, 5.41) is 1.18. The summed E-state index contributed by atoms with van der Waals surface area (Å²) in [6.45, 7) is 1.65. The molecule has 0 bridgehead atoms. The maximum atomic E-state index is 5.46. The van der Waals surface area contributed by atoms with Crippen molar-refractivity contribution < 1.29 is 4.74 Å². The van der Waals surface area contributed by atoms with Crippen LogP contribution in [0.2, 0.25) is 0 Å². The second kappa shape index (κ2) is 7.11. The van der Waals surface area contributed by atoms with E-state index in [-0.39, 0.29) is 0 Å². The number of ether oxygens (including phenoxy) is 1. The zero-order chi connectivity index (χ0) is 16.2. The molecule has 0 saturated heterocycles. The van der Waals surface area contributed by atoms with Crippen molar-refractivity contribution in [2.45, 2.75) is 13.1 Å². The molecule has 0 spiro atoms. The zero-order valence-electron chi connectivity index (χ0n) is 13.3. The summed E-state index contributed by atoms with van der Waals surface area (Å²) in [4.78, 5) is 6.80. The average molecular weight is 371 g/mol. The number of methoxy groups -OCH3 is 1. The van der Waals surface area contributed by atoms with Gasteiger partial charge in [0.1, 0.15) is 5.75 Å². The minimum Gasteiger partial charge on any atom is -0.496 e. The highest BCUT2D eigenvalue weighted by molar-refractivity contribution is 9.10. The van der Waals surface area contributed by atoms with Gasteiger partial charge in [-0.3, -0.25) is 9.88 Å². The standard InChI is InChI=1S/C19H19BrN2O/c1-22(13-16-11-17(20)8-9-18(16)23-2)12-15-6-3-5-14-7-4-10-21-19(14)15/h3-11H,12-13H2,1-2H3. The molecule has 118 valence electrons. The summed E-state index contributed by atoms with van der Waals surface area (Å²) in [5.74, 6) is 0.913. The van der Waals surface area contributed by atoms with Gasteiger partial charge in [-0.15, -0.1) is 0 Å². The van der Waals surface area contributed by atoms with Crippen molar-refractivity contribution in [1.82, 2.24) is 9.88 Å². The second-order valence-corrected chi connectivity index (χ2v) is 6.54. The predicted molar refractivity (Wildman–Crippen MR) is 97.6 cm³/mol. The third-order valence-electron chi connectivity index (χ3n) is 3.84. The minimum absolute atomic E-state index is 0.811. The van der Waals surface area contributed by atoms with Gasteiger partial charge in [0.25, 0.3) is 0 Å². The Bertz CT molecular complexity index is 814. The van der Waals surface area contributed by atoms with Gasteiger partial charge in [0, 0.05) is 34.7 Å². The van der Waals surface area contributed by atoms with Crippen LogP contribution in [0.15, 0.2) is 59.2 Å². The third kappa shape index (κ3) is 3.71. The molecule has 0 aliphatic heterocycles. The van der Waals surface area contributed by atoms with Gasteiger partial charge in [-0.2, -0.15) is 0 Å². The van der Waals surface area contributed by atoms with Crippen LogP contribution in [0.5, 0.6) is 5.75 Å². The van der Waals surface area contributed by atoms with E-state index < -0.39 is 0 Å². The first-order valence-electron chi connectivity index (χ1n) is 7.51. The van der Waals surface area contributed by atoms with Crippen molar-refractivity contribution in [1.29, 1.82) is 0 Å². The Hall–Kier alpha value is -1.91. The molecule has 0 aliphatic carbocycles. The van der Waals surface area contributed by atoms with Gasteiger partial charge in [0.2, 0.25) is 0 Å². The smallest absolute Gasteiger partial charge is 0.123 e. The van der Waals surface area contributed by atoms with Gasteiger partial charge >= 0.3 is 0 Å². The van der Waals surface area contributed by atoms with Gasteiger partial charge in [-0.25, -0.2) is 0 Å². The SMILES string of the molecule is COc1ccc(Br)cc1CN(C)Cc1cccc2cccnc12. The Morgan fingerprint density at radius 1 is 1.04 bits per heavy atom. The molecule has 0 radical (unpaired) electrons. The van der Waals surface area contributed by atoms with Crippen molar-refractivity contribution in [3.8, 4) is 5.75 Å². The van der Waals surface area contributed by atoms with Gasteiger partial charge in [0.05, 0.1) is 12.6 Å². The number of nitrogens with zero attached hydrogens (tertiary/aromatic N) is 2. The largest absolute Gasteiger partial charge is 0.496 e. The predicted octanol–water partition coefficient (Wildman–Crippen LogP) is 4.64. The molecule has 0 aliphatic rings. The molecule has 4 heteroatoms. The Morgan fingerprint density at radius 2 is 1.83 bits per heavy atom. The maximum Gasteiger partial charge on any atom is 0.123 e. The van der Waals surface area contributed by atoms with Crippen LogP contribution in [0.25, 0.3) is 10.9 Å². The van der Waals surface area contributed by atoms with Crippen LogP contribution in [0.4, 0.5) is 0 Å². The number of benzene rings is 2. The van der Waals surface area contributed by atoms with Gasteiger partial charge < -0.3 is 4.74 Å². The van der Waals surface area contributed by atoms with Gasteiger partial charge in [0.15, 0.2) is 0 Å². The number of hydrogen-bond donors (Lipinski definition) is 0. The zero-order valence-corrected chi connectivity index (χ0v) is 14.9. The Kier molecular flexibility index (Phi) is 4.94. The van der Waals surface area contributed by atoms with E-state index in [1.54, 1.807) is 7.11 Å². The molecule has 0 N–H and O–H groups in total. The fourth-order valence-electron chi connectivity index (χ4n) is 2.80. The lowest BCUT2D eigenvalue weighted by atomic mass is 10.1. The van der Waals surface area contributed by atoms with Crippen molar-refractivity contribution in [3.63, 3.8) is 0 Å².